The third kappa shape index (κ3) is 4.66. The Morgan fingerprint density at radius 2 is 1.72 bits per heavy atom. The Labute approximate surface area is 101 Å². The first-order valence-corrected chi connectivity index (χ1v) is 5.56. The molecule has 1 aliphatic heterocycles. The molecule has 0 bridgehead atoms. The van der Waals surface area contributed by atoms with Crippen LogP contribution in [0.1, 0.15) is 19.3 Å². The van der Waals surface area contributed by atoms with Gasteiger partial charge < -0.3 is 14.6 Å². The van der Waals surface area contributed by atoms with Crippen LogP contribution in [0.25, 0.3) is 0 Å². The Hall–Kier alpha value is -0.470. The van der Waals surface area contributed by atoms with Crippen molar-refractivity contribution in [3.63, 3.8) is 0 Å². The van der Waals surface area contributed by atoms with Crippen LogP contribution in [0.2, 0.25) is 0 Å². The van der Waals surface area contributed by atoms with Crippen molar-refractivity contribution in [2.24, 2.45) is 5.92 Å². The van der Waals surface area contributed by atoms with Gasteiger partial charge in [-0.25, -0.2) is 0 Å². The summed E-state index contributed by atoms with van der Waals surface area (Å²) in [6, 6.07) is 0. The highest BCUT2D eigenvalue weighted by Gasteiger charge is 2.59. The lowest BCUT2D eigenvalue weighted by atomic mass is 9.94. The van der Waals surface area contributed by atoms with E-state index in [1.165, 1.54) is 0 Å². The first-order chi connectivity index (χ1) is 8.22. The zero-order valence-corrected chi connectivity index (χ0v) is 9.55. The Kier molecular flexibility index (Phi) is 5.30. The van der Waals surface area contributed by atoms with Gasteiger partial charge >= 0.3 is 12.3 Å². The fourth-order valence-corrected chi connectivity index (χ4v) is 1.72. The molecular weight excluding hydrogens is 263 g/mol. The van der Waals surface area contributed by atoms with Crippen molar-refractivity contribution in [1.29, 1.82) is 0 Å². The van der Waals surface area contributed by atoms with E-state index in [0.717, 1.165) is 0 Å². The summed E-state index contributed by atoms with van der Waals surface area (Å²) in [6.07, 6.45) is -10.9. The first kappa shape index (κ1) is 15.6. The average Bonchev–Trinajstić information content (AvgIpc) is 2.26. The molecule has 0 saturated carbocycles. The van der Waals surface area contributed by atoms with Crippen molar-refractivity contribution >= 4 is 0 Å². The number of hydrogen-bond acceptors (Lipinski definition) is 3. The van der Waals surface area contributed by atoms with Gasteiger partial charge in [0.05, 0.1) is 12.7 Å². The molecule has 1 rings (SSSR count). The summed E-state index contributed by atoms with van der Waals surface area (Å²) in [5.41, 5.74) is 0. The van der Waals surface area contributed by atoms with Crippen LogP contribution in [-0.2, 0) is 9.47 Å². The summed E-state index contributed by atoms with van der Waals surface area (Å²) in [4.78, 5) is 0. The fraction of sp³-hybridized carbons (Fsp3) is 1.00. The number of hydrogen-bond donors (Lipinski definition) is 1. The quantitative estimate of drug-likeness (QED) is 0.784. The molecule has 18 heavy (non-hydrogen) atoms. The van der Waals surface area contributed by atoms with Gasteiger partial charge in [-0.2, -0.15) is 22.0 Å². The van der Waals surface area contributed by atoms with Gasteiger partial charge in [0.25, 0.3) is 0 Å². The highest BCUT2D eigenvalue weighted by Crippen LogP contribution is 2.36. The molecule has 0 aromatic carbocycles. The average molecular weight is 278 g/mol. The summed E-state index contributed by atoms with van der Waals surface area (Å²) < 4.78 is 68.6. The van der Waals surface area contributed by atoms with Gasteiger partial charge in [-0.1, -0.05) is 0 Å². The van der Waals surface area contributed by atoms with E-state index in [9.17, 15) is 27.1 Å². The SMILES string of the molecule is OC(COC(F)(F)C(F)(F)F)CC1CCOCC1. The summed E-state index contributed by atoms with van der Waals surface area (Å²) in [7, 11) is 0. The molecule has 1 fully saturated rings. The standard InChI is InChI=1S/C10H15F5O3/c11-9(12,13)10(14,15)18-6-8(16)5-7-1-3-17-4-2-7/h7-8,16H,1-6H2. The molecule has 1 aliphatic rings. The fourth-order valence-electron chi connectivity index (χ4n) is 1.72. The largest absolute Gasteiger partial charge is 0.482 e. The molecule has 1 saturated heterocycles. The van der Waals surface area contributed by atoms with E-state index in [1.54, 1.807) is 0 Å². The van der Waals surface area contributed by atoms with Crippen LogP contribution in [0, 0.1) is 5.92 Å². The summed E-state index contributed by atoms with van der Waals surface area (Å²) >= 11 is 0. The first-order valence-electron chi connectivity index (χ1n) is 5.56. The number of rotatable bonds is 5. The zero-order valence-electron chi connectivity index (χ0n) is 9.55. The van der Waals surface area contributed by atoms with Crippen LogP contribution in [0.5, 0.6) is 0 Å². The van der Waals surface area contributed by atoms with Crippen molar-refractivity contribution in [1.82, 2.24) is 0 Å². The van der Waals surface area contributed by atoms with Crippen LogP contribution in [0.3, 0.4) is 0 Å². The van der Waals surface area contributed by atoms with Crippen LogP contribution in [0.15, 0.2) is 0 Å². The predicted octanol–water partition coefficient (Wildman–Crippen LogP) is 2.34. The molecule has 0 spiro atoms. The molecule has 0 aromatic heterocycles. The third-order valence-corrected chi connectivity index (χ3v) is 2.73. The van der Waals surface area contributed by atoms with Crippen LogP contribution in [0.4, 0.5) is 22.0 Å². The highest BCUT2D eigenvalue weighted by molar-refractivity contribution is 4.70. The smallest absolute Gasteiger partial charge is 0.391 e. The van der Waals surface area contributed by atoms with Crippen molar-refractivity contribution in [3.8, 4) is 0 Å². The number of aliphatic hydroxyl groups excluding tert-OH is 1. The van der Waals surface area contributed by atoms with Crippen molar-refractivity contribution in [3.05, 3.63) is 0 Å². The molecule has 108 valence electrons. The van der Waals surface area contributed by atoms with Crippen LogP contribution >= 0.6 is 0 Å². The maximum Gasteiger partial charge on any atom is 0.482 e. The molecule has 1 heterocycles. The molecule has 0 aliphatic carbocycles. The molecule has 1 atom stereocenters. The Morgan fingerprint density at radius 1 is 1.17 bits per heavy atom. The maximum absolute atomic E-state index is 12.4. The summed E-state index contributed by atoms with van der Waals surface area (Å²) in [6.45, 7) is -0.0161. The lowest BCUT2D eigenvalue weighted by molar-refractivity contribution is -0.394. The van der Waals surface area contributed by atoms with Gasteiger partial charge in [-0.05, 0) is 25.2 Å². The minimum Gasteiger partial charge on any atom is -0.391 e. The normalized spacial score (nSPS) is 21.0. The molecule has 1 unspecified atom stereocenters. The van der Waals surface area contributed by atoms with Gasteiger partial charge in [-0.3, -0.25) is 0 Å². The molecule has 3 nitrogen and oxygen atoms in total. The predicted molar refractivity (Wildman–Crippen MR) is 51.1 cm³/mol. The lowest BCUT2D eigenvalue weighted by Gasteiger charge is -2.25. The topological polar surface area (TPSA) is 38.7 Å². The minimum absolute atomic E-state index is 0.0665. The second-order valence-corrected chi connectivity index (χ2v) is 4.27. The van der Waals surface area contributed by atoms with Crippen molar-refractivity contribution in [2.75, 3.05) is 19.8 Å². The van der Waals surface area contributed by atoms with Gasteiger partial charge in [0.1, 0.15) is 0 Å². The van der Waals surface area contributed by atoms with E-state index >= 15 is 0 Å². The highest BCUT2D eigenvalue weighted by atomic mass is 19.4. The van der Waals surface area contributed by atoms with Gasteiger partial charge in [0.2, 0.25) is 0 Å². The molecule has 8 heteroatoms. The van der Waals surface area contributed by atoms with Gasteiger partial charge in [0.15, 0.2) is 0 Å². The second-order valence-electron chi connectivity index (χ2n) is 4.27. The van der Waals surface area contributed by atoms with E-state index < -0.39 is 25.0 Å². The van der Waals surface area contributed by atoms with Crippen LogP contribution < -0.4 is 0 Å². The lowest BCUT2D eigenvalue weighted by Crippen LogP contribution is -2.41. The Bertz CT molecular complexity index is 250. The Balaban J connectivity index is 2.30. The number of alkyl halides is 5. The second kappa shape index (κ2) is 6.12. The minimum atomic E-state index is -5.76. The van der Waals surface area contributed by atoms with Crippen LogP contribution in [-0.4, -0.2) is 43.3 Å². The van der Waals surface area contributed by atoms with Gasteiger partial charge in [0, 0.05) is 13.2 Å². The van der Waals surface area contributed by atoms with E-state index in [2.05, 4.69) is 4.74 Å². The molecule has 1 N–H and O–H groups in total. The molecule has 0 aromatic rings. The molecular formula is C10H15F5O3. The monoisotopic (exact) mass is 278 g/mol. The van der Waals surface area contributed by atoms with Gasteiger partial charge in [-0.15, -0.1) is 0 Å². The van der Waals surface area contributed by atoms with E-state index in [-0.39, 0.29) is 12.3 Å². The Morgan fingerprint density at radius 3 is 2.22 bits per heavy atom. The molecule has 0 radical (unpaired) electrons. The van der Waals surface area contributed by atoms with E-state index in [1.807, 2.05) is 0 Å². The van der Waals surface area contributed by atoms with Crippen molar-refractivity contribution in [2.45, 2.75) is 37.7 Å². The van der Waals surface area contributed by atoms with Crippen molar-refractivity contribution < 1.29 is 36.5 Å². The number of ether oxygens (including phenoxy) is 2. The van der Waals surface area contributed by atoms with E-state index in [4.69, 9.17) is 4.74 Å². The number of aliphatic hydroxyl groups is 1. The van der Waals surface area contributed by atoms with E-state index in [0.29, 0.717) is 26.1 Å². The maximum atomic E-state index is 12.4. The zero-order chi connectivity index (χ0) is 13.8. The number of halogens is 5. The summed E-state index contributed by atoms with van der Waals surface area (Å²) in [5, 5.41) is 9.36. The third-order valence-electron chi connectivity index (χ3n) is 2.73. The summed E-state index contributed by atoms with van der Waals surface area (Å²) in [5.74, 6) is 0.0665. The molecule has 0 amide bonds.